The van der Waals surface area contributed by atoms with E-state index < -0.39 is 0 Å². The van der Waals surface area contributed by atoms with Gasteiger partial charge in [0.2, 0.25) is 5.91 Å². The predicted molar refractivity (Wildman–Crippen MR) is 93.4 cm³/mol. The maximum atomic E-state index is 13.7. The highest BCUT2D eigenvalue weighted by Crippen LogP contribution is 2.32. The molecule has 3 heteroatoms. The van der Waals surface area contributed by atoms with Crippen LogP contribution in [0.1, 0.15) is 56.2 Å². The Balaban J connectivity index is 2.28. The van der Waals surface area contributed by atoms with Gasteiger partial charge < -0.3 is 5.32 Å². The number of carbonyl (C=O) groups is 1. The molecule has 2 aromatic carbocycles. The molecule has 2 aromatic rings. The number of nitrogens with one attached hydrogen (secondary N) is 1. The third kappa shape index (κ3) is 4.19. The molecule has 0 spiro atoms. The van der Waals surface area contributed by atoms with Crippen molar-refractivity contribution in [3.8, 4) is 0 Å². The van der Waals surface area contributed by atoms with E-state index in [2.05, 4.69) is 33.0 Å². The molecule has 0 aromatic heterocycles. The summed E-state index contributed by atoms with van der Waals surface area (Å²) < 4.78 is 13.7. The number of para-hydroxylation sites is 1. The average Bonchev–Trinajstić information content (AvgIpc) is 2.49. The summed E-state index contributed by atoms with van der Waals surface area (Å²) in [6.07, 6.45) is 0.0383. The summed E-state index contributed by atoms with van der Waals surface area (Å²) in [6, 6.07) is 12.5. The van der Waals surface area contributed by atoms with Crippen LogP contribution in [0, 0.1) is 5.82 Å². The first-order valence-corrected chi connectivity index (χ1v) is 8.06. The second-order valence-electron chi connectivity index (χ2n) is 6.44. The Labute approximate surface area is 137 Å². The summed E-state index contributed by atoms with van der Waals surface area (Å²) in [4.78, 5) is 12.4. The fraction of sp³-hybridized carbons (Fsp3) is 0.350. The number of hydrogen-bond acceptors (Lipinski definition) is 1. The van der Waals surface area contributed by atoms with Crippen LogP contribution in [0.25, 0.3) is 0 Å². The lowest BCUT2D eigenvalue weighted by Gasteiger charge is -2.20. The Morgan fingerprint density at radius 1 is 0.957 bits per heavy atom. The van der Waals surface area contributed by atoms with Gasteiger partial charge >= 0.3 is 0 Å². The van der Waals surface area contributed by atoms with Gasteiger partial charge in [0.25, 0.3) is 0 Å². The van der Waals surface area contributed by atoms with E-state index in [9.17, 15) is 9.18 Å². The van der Waals surface area contributed by atoms with Gasteiger partial charge in [-0.2, -0.15) is 0 Å². The number of rotatable bonds is 5. The van der Waals surface area contributed by atoms with Crippen molar-refractivity contribution in [2.45, 2.75) is 46.0 Å². The van der Waals surface area contributed by atoms with Crippen molar-refractivity contribution in [1.82, 2.24) is 0 Å². The maximum absolute atomic E-state index is 13.7. The van der Waals surface area contributed by atoms with Crippen molar-refractivity contribution in [2.75, 3.05) is 5.32 Å². The highest BCUT2D eigenvalue weighted by Gasteiger charge is 2.16. The SMILES string of the molecule is CC(C)c1cccc(C(C)C)c1NC(=O)Cc1ccccc1F. The summed E-state index contributed by atoms with van der Waals surface area (Å²) in [5.41, 5.74) is 3.51. The third-order valence-electron chi connectivity index (χ3n) is 3.95. The number of amides is 1. The van der Waals surface area contributed by atoms with Gasteiger partial charge in [0.15, 0.2) is 0 Å². The van der Waals surface area contributed by atoms with Gasteiger partial charge in [0, 0.05) is 5.69 Å². The summed E-state index contributed by atoms with van der Waals surface area (Å²) in [5, 5.41) is 3.01. The van der Waals surface area contributed by atoms with Crippen LogP contribution in [0.5, 0.6) is 0 Å². The van der Waals surface area contributed by atoms with Gasteiger partial charge in [-0.1, -0.05) is 64.1 Å². The Morgan fingerprint density at radius 3 is 2.04 bits per heavy atom. The molecule has 1 N–H and O–H groups in total. The summed E-state index contributed by atoms with van der Waals surface area (Å²) >= 11 is 0. The van der Waals surface area contributed by atoms with Crippen LogP contribution < -0.4 is 5.32 Å². The molecule has 0 fully saturated rings. The zero-order valence-electron chi connectivity index (χ0n) is 14.2. The first kappa shape index (κ1) is 17.2. The average molecular weight is 313 g/mol. The number of hydrogen-bond donors (Lipinski definition) is 1. The smallest absolute Gasteiger partial charge is 0.228 e. The van der Waals surface area contributed by atoms with Gasteiger partial charge in [-0.25, -0.2) is 4.39 Å². The van der Waals surface area contributed by atoms with E-state index >= 15 is 0 Å². The molecule has 0 atom stereocenters. The largest absolute Gasteiger partial charge is 0.325 e. The van der Waals surface area contributed by atoms with Crippen molar-refractivity contribution in [3.63, 3.8) is 0 Å². The van der Waals surface area contributed by atoms with Crippen LogP contribution in [0.3, 0.4) is 0 Å². The van der Waals surface area contributed by atoms with E-state index in [0.717, 1.165) is 16.8 Å². The van der Waals surface area contributed by atoms with E-state index in [0.29, 0.717) is 17.4 Å². The quantitative estimate of drug-likeness (QED) is 0.802. The summed E-state index contributed by atoms with van der Waals surface area (Å²) in [5.74, 6) is 0.0731. The molecule has 0 bridgehead atoms. The molecule has 2 rings (SSSR count). The molecule has 23 heavy (non-hydrogen) atoms. The van der Waals surface area contributed by atoms with Crippen LogP contribution in [-0.4, -0.2) is 5.91 Å². The zero-order chi connectivity index (χ0) is 17.0. The van der Waals surface area contributed by atoms with Gasteiger partial charge in [-0.3, -0.25) is 4.79 Å². The number of carbonyl (C=O) groups excluding carboxylic acids is 1. The van der Waals surface area contributed by atoms with Crippen molar-refractivity contribution < 1.29 is 9.18 Å². The summed E-state index contributed by atoms with van der Waals surface area (Å²) in [6.45, 7) is 8.41. The van der Waals surface area contributed by atoms with E-state index in [-0.39, 0.29) is 18.1 Å². The number of anilines is 1. The Kier molecular flexibility index (Phi) is 5.54. The fourth-order valence-electron chi connectivity index (χ4n) is 2.69. The minimum Gasteiger partial charge on any atom is -0.325 e. The number of halogens is 1. The Morgan fingerprint density at radius 2 is 1.52 bits per heavy atom. The van der Waals surface area contributed by atoms with Gasteiger partial charge in [-0.05, 0) is 34.6 Å². The zero-order valence-corrected chi connectivity index (χ0v) is 14.2. The van der Waals surface area contributed by atoms with Crippen LogP contribution in [0.15, 0.2) is 42.5 Å². The van der Waals surface area contributed by atoms with Gasteiger partial charge in [0.1, 0.15) is 5.82 Å². The highest BCUT2D eigenvalue weighted by atomic mass is 19.1. The van der Waals surface area contributed by atoms with Crippen molar-refractivity contribution >= 4 is 11.6 Å². The van der Waals surface area contributed by atoms with E-state index in [1.165, 1.54) is 6.07 Å². The van der Waals surface area contributed by atoms with Crippen molar-refractivity contribution in [2.24, 2.45) is 0 Å². The number of benzene rings is 2. The van der Waals surface area contributed by atoms with Crippen LogP contribution in [0.2, 0.25) is 0 Å². The van der Waals surface area contributed by atoms with Crippen LogP contribution >= 0.6 is 0 Å². The lowest BCUT2D eigenvalue weighted by atomic mass is 9.92. The predicted octanol–water partition coefficient (Wildman–Crippen LogP) is 5.25. The molecule has 0 aliphatic heterocycles. The molecule has 0 aliphatic rings. The van der Waals surface area contributed by atoms with E-state index in [1.54, 1.807) is 18.2 Å². The van der Waals surface area contributed by atoms with Crippen LogP contribution in [-0.2, 0) is 11.2 Å². The molecule has 0 saturated carbocycles. The fourth-order valence-corrected chi connectivity index (χ4v) is 2.69. The van der Waals surface area contributed by atoms with E-state index in [4.69, 9.17) is 0 Å². The molecule has 0 radical (unpaired) electrons. The van der Waals surface area contributed by atoms with Crippen molar-refractivity contribution in [1.29, 1.82) is 0 Å². The third-order valence-corrected chi connectivity index (χ3v) is 3.95. The molecule has 0 saturated heterocycles. The standard InChI is InChI=1S/C20H24FNO/c1-13(2)16-9-7-10-17(14(3)4)20(16)22-19(23)12-15-8-5-6-11-18(15)21/h5-11,13-14H,12H2,1-4H3,(H,22,23). The van der Waals surface area contributed by atoms with Crippen molar-refractivity contribution in [3.05, 3.63) is 65.0 Å². The monoisotopic (exact) mass is 313 g/mol. The second kappa shape index (κ2) is 7.40. The molecule has 122 valence electrons. The lowest BCUT2D eigenvalue weighted by Crippen LogP contribution is -2.18. The molecule has 0 heterocycles. The van der Waals surface area contributed by atoms with Crippen LogP contribution in [0.4, 0.5) is 10.1 Å². The summed E-state index contributed by atoms with van der Waals surface area (Å²) in [7, 11) is 0. The minimum atomic E-state index is -0.344. The lowest BCUT2D eigenvalue weighted by molar-refractivity contribution is -0.115. The molecule has 0 aliphatic carbocycles. The molecular weight excluding hydrogens is 289 g/mol. The Bertz CT molecular complexity index is 666. The topological polar surface area (TPSA) is 29.1 Å². The first-order chi connectivity index (χ1) is 10.9. The molecule has 1 amide bonds. The van der Waals surface area contributed by atoms with Gasteiger partial charge in [0.05, 0.1) is 6.42 Å². The molecule has 0 unspecified atom stereocenters. The Hall–Kier alpha value is -2.16. The molecule has 2 nitrogen and oxygen atoms in total. The van der Waals surface area contributed by atoms with E-state index in [1.807, 2.05) is 18.2 Å². The first-order valence-electron chi connectivity index (χ1n) is 8.06. The highest BCUT2D eigenvalue weighted by molar-refractivity contribution is 5.94. The van der Waals surface area contributed by atoms with Gasteiger partial charge in [-0.15, -0.1) is 0 Å². The minimum absolute atomic E-state index is 0.0383. The second-order valence-corrected chi connectivity index (χ2v) is 6.44. The normalized spacial score (nSPS) is 11.1. The maximum Gasteiger partial charge on any atom is 0.228 e. The molecular formula is C20H24FNO.